The van der Waals surface area contributed by atoms with Crippen LogP contribution in [0.15, 0.2) is 59.7 Å². The van der Waals surface area contributed by atoms with Gasteiger partial charge in [0.2, 0.25) is 0 Å². The molecule has 3 unspecified atom stereocenters. The van der Waals surface area contributed by atoms with Crippen LogP contribution in [0.5, 0.6) is 0 Å². The highest BCUT2D eigenvalue weighted by molar-refractivity contribution is 5.89. The van der Waals surface area contributed by atoms with Gasteiger partial charge in [0, 0.05) is 22.7 Å². The Bertz CT molecular complexity index is 971. The summed E-state index contributed by atoms with van der Waals surface area (Å²) in [6.45, 7) is 0. The first-order valence-corrected chi connectivity index (χ1v) is 11.4. The highest BCUT2D eigenvalue weighted by Crippen LogP contribution is 2.58. The Morgan fingerprint density at radius 3 is 2.30 bits per heavy atom. The molecule has 3 atom stereocenters. The Morgan fingerprint density at radius 2 is 1.57 bits per heavy atom. The minimum Gasteiger partial charge on any atom is -0.299 e. The van der Waals surface area contributed by atoms with E-state index in [0.717, 1.165) is 37.2 Å². The lowest BCUT2D eigenvalue weighted by Gasteiger charge is -2.44. The summed E-state index contributed by atoms with van der Waals surface area (Å²) in [5, 5.41) is 4.08. The number of ketones is 1. The molecule has 0 aliphatic heterocycles. The first-order valence-electron chi connectivity index (χ1n) is 11.4. The van der Waals surface area contributed by atoms with E-state index in [1.165, 1.54) is 30.4 Å². The van der Waals surface area contributed by atoms with Crippen molar-refractivity contribution in [2.45, 2.75) is 63.3 Å². The first-order chi connectivity index (χ1) is 14.7. The van der Waals surface area contributed by atoms with Crippen molar-refractivity contribution < 1.29 is 4.79 Å². The van der Waals surface area contributed by atoms with Gasteiger partial charge in [-0.1, -0.05) is 59.7 Å². The van der Waals surface area contributed by atoms with E-state index in [-0.39, 0.29) is 17.4 Å². The molecule has 4 nitrogen and oxygen atoms in total. The predicted molar refractivity (Wildman–Crippen MR) is 118 cm³/mol. The molecule has 3 aliphatic rings. The van der Waals surface area contributed by atoms with Gasteiger partial charge in [0.25, 0.3) is 0 Å². The molecule has 2 fully saturated rings. The van der Waals surface area contributed by atoms with E-state index in [1.54, 1.807) is 0 Å². The van der Waals surface area contributed by atoms with Crippen LogP contribution in [-0.4, -0.2) is 11.8 Å². The molecule has 4 heteroatoms. The van der Waals surface area contributed by atoms with Gasteiger partial charge in [0.15, 0.2) is 0 Å². The Balaban J connectivity index is 1.37. The first kappa shape index (κ1) is 19.4. The number of benzene rings is 2. The zero-order valence-electron chi connectivity index (χ0n) is 17.4. The molecule has 154 valence electrons. The number of nitrogens with zero attached hydrogens (tertiary/aromatic N) is 3. The molecule has 0 N–H and O–H groups in total. The number of carbonyl (C=O) groups is 1. The van der Waals surface area contributed by atoms with Crippen LogP contribution in [-0.2, 0) is 17.6 Å². The Kier molecular flexibility index (Phi) is 5.12. The fourth-order valence-electron chi connectivity index (χ4n) is 6.77. The van der Waals surface area contributed by atoms with E-state index >= 15 is 0 Å². The largest absolute Gasteiger partial charge is 0.299 e. The monoisotopic (exact) mass is 399 g/mol. The van der Waals surface area contributed by atoms with Crippen molar-refractivity contribution >= 4 is 5.78 Å². The molecule has 2 aromatic rings. The molecule has 0 heterocycles. The van der Waals surface area contributed by atoms with E-state index in [2.05, 4.69) is 46.4 Å². The van der Waals surface area contributed by atoms with Crippen LogP contribution >= 0.6 is 0 Å². The van der Waals surface area contributed by atoms with E-state index in [4.69, 9.17) is 5.53 Å². The average molecular weight is 400 g/mol. The number of fused-ring (bicyclic) bond motifs is 1. The summed E-state index contributed by atoms with van der Waals surface area (Å²) in [5.41, 5.74) is 13.0. The molecule has 0 amide bonds. The van der Waals surface area contributed by atoms with Crippen molar-refractivity contribution in [2.75, 3.05) is 0 Å². The maximum Gasteiger partial charge on any atom is 0.140 e. The van der Waals surface area contributed by atoms with E-state index in [9.17, 15) is 4.79 Å². The number of hydrogen-bond donors (Lipinski definition) is 0. The number of aryl methyl sites for hydroxylation is 1. The maximum absolute atomic E-state index is 13.3. The molecule has 0 bridgehead atoms. The van der Waals surface area contributed by atoms with Crippen molar-refractivity contribution in [1.29, 1.82) is 0 Å². The SMILES string of the molecule is [N-]=[N+]=NC1CC(=O)C2(CCC(C3CCc4ccccc4C3)CC2)C1c1ccccc1. The number of carbonyl (C=O) groups excluding carboxylic acids is 1. The molecule has 2 aromatic carbocycles. The van der Waals surface area contributed by atoms with Crippen molar-refractivity contribution in [3.8, 4) is 0 Å². The van der Waals surface area contributed by atoms with Gasteiger partial charge in [-0.15, -0.1) is 0 Å². The highest BCUT2D eigenvalue weighted by atomic mass is 16.1. The van der Waals surface area contributed by atoms with Crippen LogP contribution in [0.2, 0.25) is 0 Å². The van der Waals surface area contributed by atoms with Crippen molar-refractivity contribution in [3.05, 3.63) is 81.7 Å². The fourth-order valence-corrected chi connectivity index (χ4v) is 6.77. The fraction of sp³-hybridized carbons (Fsp3) is 0.500. The molecule has 3 aliphatic carbocycles. The Labute approximate surface area is 178 Å². The zero-order valence-corrected chi connectivity index (χ0v) is 17.4. The second-order valence-corrected chi connectivity index (χ2v) is 9.55. The molecule has 0 saturated heterocycles. The third kappa shape index (κ3) is 3.24. The number of hydrogen-bond acceptors (Lipinski definition) is 2. The van der Waals surface area contributed by atoms with Gasteiger partial charge in [-0.3, -0.25) is 4.79 Å². The van der Waals surface area contributed by atoms with Crippen molar-refractivity contribution in [1.82, 2.24) is 0 Å². The van der Waals surface area contributed by atoms with Crippen LogP contribution in [0.1, 0.15) is 61.1 Å². The van der Waals surface area contributed by atoms with Gasteiger partial charge in [-0.05, 0) is 79.0 Å². The van der Waals surface area contributed by atoms with Crippen LogP contribution in [0.25, 0.3) is 10.4 Å². The standard InChI is InChI=1S/C26H29N3O/c27-29-28-23-17-24(30)26(25(23)20-7-2-1-3-8-20)14-12-19(13-15-26)22-11-10-18-6-4-5-9-21(18)16-22/h1-9,19,22-23,25H,10-17H2. The molecule has 0 radical (unpaired) electrons. The van der Waals surface area contributed by atoms with Crippen molar-refractivity contribution in [2.24, 2.45) is 22.4 Å². The summed E-state index contributed by atoms with van der Waals surface area (Å²) >= 11 is 0. The minimum absolute atomic E-state index is 0.0233. The quantitative estimate of drug-likeness (QED) is 0.334. The van der Waals surface area contributed by atoms with Crippen LogP contribution in [0.4, 0.5) is 0 Å². The number of Topliss-reactive ketones (excluding diaryl/α,β-unsaturated/α-hetero) is 1. The normalized spacial score (nSPS) is 33.1. The van der Waals surface area contributed by atoms with Crippen LogP contribution < -0.4 is 0 Å². The average Bonchev–Trinajstić information content (AvgIpc) is 3.05. The Morgan fingerprint density at radius 1 is 0.867 bits per heavy atom. The van der Waals surface area contributed by atoms with Gasteiger partial charge in [0.05, 0.1) is 6.04 Å². The molecule has 1 spiro atoms. The molecule has 30 heavy (non-hydrogen) atoms. The lowest BCUT2D eigenvalue weighted by Crippen LogP contribution is -2.39. The van der Waals surface area contributed by atoms with Crippen LogP contribution in [0.3, 0.4) is 0 Å². The van der Waals surface area contributed by atoms with E-state index in [1.807, 2.05) is 18.2 Å². The highest BCUT2D eigenvalue weighted by Gasteiger charge is 2.56. The second kappa shape index (κ2) is 7.92. The van der Waals surface area contributed by atoms with Gasteiger partial charge in [-0.2, -0.15) is 0 Å². The zero-order chi connectivity index (χ0) is 20.6. The summed E-state index contributed by atoms with van der Waals surface area (Å²) in [5.74, 6) is 1.78. The topological polar surface area (TPSA) is 65.8 Å². The lowest BCUT2D eigenvalue weighted by molar-refractivity contribution is -0.128. The van der Waals surface area contributed by atoms with Crippen molar-refractivity contribution in [3.63, 3.8) is 0 Å². The molecule has 2 saturated carbocycles. The van der Waals surface area contributed by atoms with Gasteiger partial charge in [-0.25, -0.2) is 0 Å². The number of azide groups is 1. The summed E-state index contributed by atoms with van der Waals surface area (Å²) in [4.78, 5) is 16.4. The number of rotatable bonds is 3. The van der Waals surface area contributed by atoms with E-state index < -0.39 is 0 Å². The third-order valence-electron chi connectivity index (χ3n) is 8.26. The summed E-state index contributed by atoms with van der Waals surface area (Å²) < 4.78 is 0. The minimum atomic E-state index is -0.344. The summed E-state index contributed by atoms with van der Waals surface area (Å²) in [6.07, 6.45) is 8.14. The lowest BCUT2D eigenvalue weighted by atomic mass is 9.59. The summed E-state index contributed by atoms with van der Waals surface area (Å²) in [6, 6.07) is 18.9. The van der Waals surface area contributed by atoms with Gasteiger partial charge >= 0.3 is 0 Å². The summed E-state index contributed by atoms with van der Waals surface area (Å²) in [7, 11) is 0. The second-order valence-electron chi connectivity index (χ2n) is 9.55. The van der Waals surface area contributed by atoms with E-state index in [0.29, 0.717) is 18.1 Å². The third-order valence-corrected chi connectivity index (χ3v) is 8.26. The predicted octanol–water partition coefficient (Wildman–Crippen LogP) is 6.40. The maximum atomic E-state index is 13.3. The Hall–Kier alpha value is -2.58. The molecular formula is C26H29N3O. The van der Waals surface area contributed by atoms with Gasteiger partial charge in [0.1, 0.15) is 5.78 Å². The molecule has 0 aromatic heterocycles. The molecular weight excluding hydrogens is 370 g/mol. The molecule has 5 rings (SSSR count). The smallest absolute Gasteiger partial charge is 0.140 e. The van der Waals surface area contributed by atoms with Gasteiger partial charge < -0.3 is 0 Å². The van der Waals surface area contributed by atoms with Crippen LogP contribution in [0, 0.1) is 17.3 Å².